The lowest BCUT2D eigenvalue weighted by Crippen LogP contribution is -2.05. The molecule has 0 atom stereocenters. The van der Waals surface area contributed by atoms with Gasteiger partial charge in [-0.3, -0.25) is 0 Å². The normalized spacial score (nSPS) is 10.8. The van der Waals surface area contributed by atoms with Crippen LogP contribution in [0.2, 0.25) is 0 Å². The largest absolute Gasteiger partial charge is 0.370 e. The van der Waals surface area contributed by atoms with E-state index in [2.05, 4.69) is 15.4 Å². The number of rotatable bonds is 2. The highest BCUT2D eigenvalue weighted by Crippen LogP contribution is 2.14. The Kier molecular flexibility index (Phi) is 2.07. The molecule has 0 saturated carbocycles. The van der Waals surface area contributed by atoms with Crippen LogP contribution in [0.3, 0.4) is 0 Å². The minimum atomic E-state index is -0.396. The molecule has 74 valence electrons. The molecule has 0 unspecified atom stereocenters. The Morgan fingerprint density at radius 2 is 2.36 bits per heavy atom. The lowest BCUT2D eigenvalue weighted by Gasteiger charge is -2.06. The first-order valence-electron chi connectivity index (χ1n) is 4.47. The second kappa shape index (κ2) is 3.25. The number of nitrogens with zero attached hydrogens (tertiary/aromatic N) is 3. The van der Waals surface area contributed by atoms with E-state index in [4.69, 9.17) is 0 Å². The van der Waals surface area contributed by atoms with Crippen molar-refractivity contribution < 1.29 is 4.39 Å². The minimum Gasteiger partial charge on any atom is -0.370 e. The van der Waals surface area contributed by atoms with Crippen LogP contribution >= 0.6 is 0 Å². The molecule has 4 nitrogen and oxygen atoms in total. The zero-order valence-corrected chi connectivity index (χ0v) is 8.08. The van der Waals surface area contributed by atoms with Crippen LogP contribution in [0.15, 0.2) is 12.3 Å². The number of aromatic nitrogens is 3. The van der Waals surface area contributed by atoms with Crippen molar-refractivity contribution in [3.8, 4) is 0 Å². The highest BCUT2D eigenvalue weighted by atomic mass is 19.1. The van der Waals surface area contributed by atoms with Gasteiger partial charge in [-0.25, -0.2) is 9.37 Å². The molecule has 0 aliphatic carbocycles. The summed E-state index contributed by atoms with van der Waals surface area (Å²) >= 11 is 0. The quantitative estimate of drug-likeness (QED) is 0.789. The van der Waals surface area contributed by atoms with Crippen molar-refractivity contribution in [2.45, 2.75) is 13.8 Å². The number of hydrogen-bond acceptors (Lipinski definition) is 3. The molecule has 0 aliphatic heterocycles. The van der Waals surface area contributed by atoms with E-state index < -0.39 is 5.82 Å². The van der Waals surface area contributed by atoms with Gasteiger partial charge in [0.25, 0.3) is 0 Å². The van der Waals surface area contributed by atoms with Gasteiger partial charge in [0, 0.05) is 18.3 Å². The van der Waals surface area contributed by atoms with Gasteiger partial charge in [-0.05, 0) is 13.8 Å². The van der Waals surface area contributed by atoms with E-state index in [1.165, 1.54) is 10.7 Å². The summed E-state index contributed by atoms with van der Waals surface area (Å²) in [7, 11) is 0. The highest BCUT2D eigenvalue weighted by molar-refractivity contribution is 5.49. The summed E-state index contributed by atoms with van der Waals surface area (Å²) in [6, 6.07) is 1.84. The predicted molar refractivity (Wildman–Crippen MR) is 51.8 cm³/mol. The van der Waals surface area contributed by atoms with Gasteiger partial charge in [-0.15, -0.1) is 0 Å². The molecule has 0 fully saturated rings. The van der Waals surface area contributed by atoms with Crippen molar-refractivity contribution in [1.29, 1.82) is 0 Å². The maximum absolute atomic E-state index is 13.2. The van der Waals surface area contributed by atoms with Crippen LogP contribution in [0.25, 0.3) is 5.65 Å². The Morgan fingerprint density at radius 3 is 3.07 bits per heavy atom. The third-order valence-electron chi connectivity index (χ3n) is 1.91. The summed E-state index contributed by atoms with van der Waals surface area (Å²) in [5.74, 6) is 0.367. The fourth-order valence-corrected chi connectivity index (χ4v) is 1.36. The summed E-state index contributed by atoms with van der Waals surface area (Å²) < 4.78 is 14.6. The maximum Gasteiger partial charge on any atom is 0.193 e. The summed E-state index contributed by atoms with van der Waals surface area (Å²) in [5.41, 5.74) is 1.04. The summed E-state index contributed by atoms with van der Waals surface area (Å²) in [6.45, 7) is 4.56. The SMILES string of the molecule is CCNc1cc(C)nc2c(F)cnn12. The minimum absolute atomic E-state index is 0.265. The molecule has 0 aliphatic rings. The predicted octanol–water partition coefficient (Wildman–Crippen LogP) is 1.61. The highest BCUT2D eigenvalue weighted by Gasteiger charge is 2.08. The number of hydrogen-bond donors (Lipinski definition) is 1. The monoisotopic (exact) mass is 194 g/mol. The summed E-state index contributed by atoms with van der Waals surface area (Å²) in [5, 5.41) is 6.99. The lowest BCUT2D eigenvalue weighted by atomic mass is 10.4. The smallest absolute Gasteiger partial charge is 0.193 e. The molecule has 0 saturated heterocycles. The third kappa shape index (κ3) is 1.30. The molecule has 0 spiro atoms. The Labute approximate surface area is 80.8 Å². The van der Waals surface area contributed by atoms with Crippen molar-refractivity contribution >= 4 is 11.5 Å². The number of fused-ring (bicyclic) bond motifs is 1. The van der Waals surface area contributed by atoms with Crippen LogP contribution in [0.4, 0.5) is 10.2 Å². The number of aryl methyl sites for hydroxylation is 1. The van der Waals surface area contributed by atoms with E-state index in [0.717, 1.165) is 18.1 Å². The Bertz CT molecular complexity index is 463. The first kappa shape index (κ1) is 8.93. The van der Waals surface area contributed by atoms with Crippen LogP contribution in [-0.4, -0.2) is 21.1 Å². The number of halogens is 1. The lowest BCUT2D eigenvalue weighted by molar-refractivity contribution is 0.635. The van der Waals surface area contributed by atoms with Crippen molar-refractivity contribution in [1.82, 2.24) is 14.6 Å². The van der Waals surface area contributed by atoms with Crippen LogP contribution in [-0.2, 0) is 0 Å². The van der Waals surface area contributed by atoms with Crippen LogP contribution in [0, 0.1) is 12.7 Å². The van der Waals surface area contributed by atoms with Crippen LogP contribution in [0.1, 0.15) is 12.6 Å². The van der Waals surface area contributed by atoms with E-state index in [1.54, 1.807) is 0 Å². The molecular formula is C9H11FN4. The average molecular weight is 194 g/mol. The second-order valence-electron chi connectivity index (χ2n) is 3.04. The zero-order valence-electron chi connectivity index (χ0n) is 8.08. The summed E-state index contributed by atoms with van der Waals surface area (Å²) in [4.78, 5) is 4.06. The van der Waals surface area contributed by atoms with E-state index in [-0.39, 0.29) is 5.65 Å². The van der Waals surface area contributed by atoms with Gasteiger partial charge < -0.3 is 5.32 Å². The molecule has 2 rings (SSSR count). The molecule has 1 N–H and O–H groups in total. The van der Waals surface area contributed by atoms with Gasteiger partial charge in [0.15, 0.2) is 11.5 Å². The Morgan fingerprint density at radius 1 is 1.57 bits per heavy atom. The van der Waals surface area contributed by atoms with Gasteiger partial charge in [0.2, 0.25) is 0 Å². The van der Waals surface area contributed by atoms with Gasteiger partial charge in [0.1, 0.15) is 5.82 Å². The van der Waals surface area contributed by atoms with Crippen molar-refractivity contribution in [2.75, 3.05) is 11.9 Å². The molecule has 0 bridgehead atoms. The second-order valence-corrected chi connectivity index (χ2v) is 3.04. The molecule has 0 amide bonds. The fourth-order valence-electron chi connectivity index (χ4n) is 1.36. The molecule has 2 aromatic heterocycles. The van der Waals surface area contributed by atoms with Gasteiger partial charge in [-0.1, -0.05) is 0 Å². The Hall–Kier alpha value is -1.65. The Balaban J connectivity index is 2.68. The molecule has 14 heavy (non-hydrogen) atoms. The van der Waals surface area contributed by atoms with Gasteiger partial charge in [0.05, 0.1) is 6.20 Å². The third-order valence-corrected chi connectivity index (χ3v) is 1.91. The van der Waals surface area contributed by atoms with Gasteiger partial charge in [-0.2, -0.15) is 9.61 Å². The van der Waals surface area contributed by atoms with E-state index in [9.17, 15) is 4.39 Å². The van der Waals surface area contributed by atoms with E-state index >= 15 is 0 Å². The molecular weight excluding hydrogens is 183 g/mol. The molecule has 2 aromatic rings. The molecule has 2 heterocycles. The van der Waals surface area contributed by atoms with Gasteiger partial charge >= 0.3 is 0 Å². The fraction of sp³-hybridized carbons (Fsp3) is 0.333. The zero-order chi connectivity index (χ0) is 10.1. The standard InChI is InChI=1S/C9H11FN4/c1-3-11-8-4-6(2)13-9-7(10)5-12-14(8)9/h4-5,11H,3H2,1-2H3. The van der Waals surface area contributed by atoms with Crippen LogP contribution in [0.5, 0.6) is 0 Å². The van der Waals surface area contributed by atoms with Crippen LogP contribution < -0.4 is 5.32 Å². The van der Waals surface area contributed by atoms with E-state index in [1.807, 2.05) is 19.9 Å². The number of nitrogens with one attached hydrogen (secondary N) is 1. The maximum atomic E-state index is 13.2. The van der Waals surface area contributed by atoms with Crippen molar-refractivity contribution in [3.05, 3.63) is 23.8 Å². The first-order chi connectivity index (χ1) is 6.72. The molecule has 5 heteroatoms. The average Bonchev–Trinajstić information content (AvgIpc) is 2.49. The molecule has 0 radical (unpaired) electrons. The van der Waals surface area contributed by atoms with Crippen molar-refractivity contribution in [3.63, 3.8) is 0 Å². The topological polar surface area (TPSA) is 42.2 Å². The summed E-state index contributed by atoms with van der Waals surface area (Å²) in [6.07, 6.45) is 1.17. The van der Waals surface area contributed by atoms with E-state index in [0.29, 0.717) is 0 Å². The number of anilines is 1. The first-order valence-corrected chi connectivity index (χ1v) is 4.47. The molecule has 0 aromatic carbocycles. The van der Waals surface area contributed by atoms with Crippen molar-refractivity contribution in [2.24, 2.45) is 0 Å².